The maximum Gasteiger partial charge on any atom is 0.209 e. The Kier molecular flexibility index (Phi) is 14.1. The largest absolute Gasteiger partial charge is 0.383 e. The fourth-order valence-electron chi connectivity index (χ4n) is 3.99. The van der Waals surface area contributed by atoms with Gasteiger partial charge in [0.2, 0.25) is 6.41 Å². The lowest BCUT2D eigenvalue weighted by molar-refractivity contribution is -0.121. The molecule has 3 rings (SSSR count). The quantitative estimate of drug-likeness (QED) is 0.721. The SMILES string of the molecule is CC.CC.CCC12CCCN1C(COC)CC2.O=CN1CCOCC1. The van der Waals surface area contributed by atoms with E-state index < -0.39 is 0 Å². The van der Waals surface area contributed by atoms with Crippen LogP contribution in [0.5, 0.6) is 0 Å². The van der Waals surface area contributed by atoms with Gasteiger partial charge in [-0.3, -0.25) is 9.69 Å². The Bertz CT molecular complexity index is 322. The van der Waals surface area contributed by atoms with Gasteiger partial charge in [0.1, 0.15) is 0 Å². The summed E-state index contributed by atoms with van der Waals surface area (Å²) < 4.78 is 10.3. The molecule has 3 saturated heterocycles. The molecule has 0 spiro atoms. The molecule has 5 heteroatoms. The van der Waals surface area contributed by atoms with E-state index in [0.29, 0.717) is 24.8 Å². The zero-order chi connectivity index (χ0) is 19.1. The first-order valence-electron chi connectivity index (χ1n) is 10.3. The Morgan fingerprint density at radius 2 is 1.76 bits per heavy atom. The summed E-state index contributed by atoms with van der Waals surface area (Å²) in [4.78, 5) is 14.5. The molecule has 3 aliphatic rings. The van der Waals surface area contributed by atoms with E-state index >= 15 is 0 Å². The van der Waals surface area contributed by atoms with E-state index in [9.17, 15) is 4.79 Å². The summed E-state index contributed by atoms with van der Waals surface area (Å²) in [5, 5.41) is 0. The lowest BCUT2D eigenvalue weighted by Crippen LogP contribution is -2.43. The number of nitrogens with zero attached hydrogens (tertiary/aromatic N) is 2. The van der Waals surface area contributed by atoms with Crippen LogP contribution in [-0.4, -0.2) is 74.4 Å². The molecule has 1 amide bonds. The second-order valence-electron chi connectivity index (χ2n) is 6.28. The smallest absolute Gasteiger partial charge is 0.209 e. The highest BCUT2D eigenvalue weighted by Crippen LogP contribution is 2.44. The third-order valence-corrected chi connectivity index (χ3v) is 5.25. The van der Waals surface area contributed by atoms with E-state index in [2.05, 4.69) is 11.8 Å². The van der Waals surface area contributed by atoms with E-state index in [1.54, 1.807) is 4.90 Å². The Hall–Kier alpha value is -0.650. The molecule has 3 heterocycles. The molecular weight excluding hydrogens is 316 g/mol. The fraction of sp³-hybridized carbons (Fsp3) is 0.950. The van der Waals surface area contributed by atoms with E-state index in [-0.39, 0.29) is 0 Å². The minimum Gasteiger partial charge on any atom is -0.383 e. The van der Waals surface area contributed by atoms with Gasteiger partial charge in [-0.05, 0) is 38.6 Å². The Balaban J connectivity index is 0.000000414. The number of rotatable bonds is 4. The molecule has 5 nitrogen and oxygen atoms in total. The van der Waals surface area contributed by atoms with Crippen LogP contribution in [0.25, 0.3) is 0 Å². The third-order valence-electron chi connectivity index (χ3n) is 5.25. The van der Waals surface area contributed by atoms with Crippen molar-refractivity contribution in [3.8, 4) is 0 Å². The molecule has 25 heavy (non-hydrogen) atoms. The molecule has 0 bridgehead atoms. The summed E-state index contributed by atoms with van der Waals surface area (Å²) in [7, 11) is 1.82. The highest BCUT2D eigenvalue weighted by Gasteiger charge is 2.47. The minimum absolute atomic E-state index is 0.573. The normalized spacial score (nSPS) is 27.8. The summed E-state index contributed by atoms with van der Waals surface area (Å²) >= 11 is 0. The Morgan fingerprint density at radius 3 is 2.24 bits per heavy atom. The molecular formula is C20H42N2O3. The number of fused-ring (bicyclic) bond motifs is 1. The molecule has 2 unspecified atom stereocenters. The van der Waals surface area contributed by atoms with Crippen molar-refractivity contribution in [1.82, 2.24) is 9.80 Å². The molecule has 0 aliphatic carbocycles. The highest BCUT2D eigenvalue weighted by molar-refractivity contribution is 5.46. The zero-order valence-corrected chi connectivity index (χ0v) is 17.6. The van der Waals surface area contributed by atoms with Crippen molar-refractivity contribution in [3.05, 3.63) is 0 Å². The molecule has 3 fully saturated rings. The van der Waals surface area contributed by atoms with E-state index in [4.69, 9.17) is 9.47 Å². The van der Waals surface area contributed by atoms with Crippen molar-refractivity contribution in [2.24, 2.45) is 0 Å². The molecule has 0 N–H and O–H groups in total. The Labute approximate surface area is 156 Å². The van der Waals surface area contributed by atoms with Crippen LogP contribution >= 0.6 is 0 Å². The van der Waals surface area contributed by atoms with Crippen molar-refractivity contribution in [2.45, 2.75) is 78.3 Å². The van der Waals surface area contributed by atoms with Gasteiger partial charge in [-0.15, -0.1) is 0 Å². The first-order valence-corrected chi connectivity index (χ1v) is 10.3. The standard InChI is InChI=1S/C11H21NO.C5H9NO2.2C2H6/c1-3-11-6-4-8-12(11)10(5-7-11)9-13-2;7-5-6-1-3-8-4-2-6;2*1-2/h10H,3-9H2,1-2H3;5H,1-4H2;2*1-2H3. The average molecular weight is 359 g/mol. The number of carbonyl (C=O) groups is 1. The minimum atomic E-state index is 0.573. The fourth-order valence-corrected chi connectivity index (χ4v) is 3.99. The van der Waals surface area contributed by atoms with Crippen LogP contribution in [0.15, 0.2) is 0 Å². The first kappa shape index (κ1) is 24.4. The van der Waals surface area contributed by atoms with Gasteiger partial charge >= 0.3 is 0 Å². The van der Waals surface area contributed by atoms with E-state index in [1.807, 2.05) is 34.8 Å². The zero-order valence-electron chi connectivity index (χ0n) is 17.6. The van der Waals surface area contributed by atoms with Crippen LogP contribution in [-0.2, 0) is 14.3 Å². The van der Waals surface area contributed by atoms with Gasteiger partial charge in [0.25, 0.3) is 0 Å². The molecule has 0 aromatic heterocycles. The Morgan fingerprint density at radius 1 is 1.12 bits per heavy atom. The van der Waals surface area contributed by atoms with E-state index in [0.717, 1.165) is 26.1 Å². The van der Waals surface area contributed by atoms with Crippen molar-refractivity contribution in [3.63, 3.8) is 0 Å². The van der Waals surface area contributed by atoms with Crippen LogP contribution in [0.1, 0.15) is 66.7 Å². The number of methoxy groups -OCH3 is 1. The summed E-state index contributed by atoms with van der Waals surface area (Å²) in [5.41, 5.74) is 0.573. The second kappa shape index (κ2) is 14.5. The second-order valence-corrected chi connectivity index (χ2v) is 6.28. The van der Waals surface area contributed by atoms with Crippen LogP contribution < -0.4 is 0 Å². The highest BCUT2D eigenvalue weighted by atomic mass is 16.5. The number of morpholine rings is 1. The van der Waals surface area contributed by atoms with Gasteiger partial charge < -0.3 is 14.4 Å². The monoisotopic (exact) mass is 358 g/mol. The summed E-state index contributed by atoms with van der Waals surface area (Å²) in [6.45, 7) is 15.5. The summed E-state index contributed by atoms with van der Waals surface area (Å²) in [6, 6.07) is 0.715. The van der Waals surface area contributed by atoms with Crippen LogP contribution in [0, 0.1) is 0 Å². The van der Waals surface area contributed by atoms with Gasteiger partial charge in [-0.2, -0.15) is 0 Å². The van der Waals surface area contributed by atoms with Gasteiger partial charge in [0.15, 0.2) is 0 Å². The number of ether oxygens (including phenoxy) is 2. The molecule has 3 aliphatic heterocycles. The lowest BCUT2D eigenvalue weighted by atomic mass is 9.91. The van der Waals surface area contributed by atoms with E-state index in [1.165, 1.54) is 38.6 Å². The predicted octanol–water partition coefficient (Wildman–Crippen LogP) is 3.57. The summed E-state index contributed by atoms with van der Waals surface area (Å²) in [5.74, 6) is 0. The van der Waals surface area contributed by atoms with Gasteiger partial charge in [-0.1, -0.05) is 34.6 Å². The molecule has 0 aromatic carbocycles. The van der Waals surface area contributed by atoms with Crippen molar-refractivity contribution < 1.29 is 14.3 Å². The topological polar surface area (TPSA) is 42.0 Å². The van der Waals surface area contributed by atoms with Crippen LogP contribution in [0.2, 0.25) is 0 Å². The molecule has 0 radical (unpaired) electrons. The molecule has 0 aromatic rings. The maximum atomic E-state index is 10.0. The van der Waals surface area contributed by atoms with Gasteiger partial charge in [-0.25, -0.2) is 0 Å². The number of amides is 1. The van der Waals surface area contributed by atoms with Crippen LogP contribution in [0.4, 0.5) is 0 Å². The number of hydrogen-bond acceptors (Lipinski definition) is 4. The lowest BCUT2D eigenvalue weighted by Gasteiger charge is -2.34. The maximum absolute atomic E-state index is 10.0. The van der Waals surface area contributed by atoms with Gasteiger partial charge in [0.05, 0.1) is 19.8 Å². The first-order chi connectivity index (χ1) is 12.3. The van der Waals surface area contributed by atoms with Crippen molar-refractivity contribution in [2.75, 3.05) is 46.6 Å². The molecule has 2 atom stereocenters. The van der Waals surface area contributed by atoms with Crippen molar-refractivity contribution in [1.29, 1.82) is 0 Å². The predicted molar refractivity (Wildman–Crippen MR) is 105 cm³/mol. The number of carbonyl (C=O) groups excluding carboxylic acids is 1. The molecule has 0 saturated carbocycles. The van der Waals surface area contributed by atoms with Crippen molar-refractivity contribution >= 4 is 6.41 Å². The van der Waals surface area contributed by atoms with Gasteiger partial charge in [0, 0.05) is 31.8 Å². The average Bonchev–Trinajstić information content (AvgIpc) is 3.27. The third kappa shape index (κ3) is 7.24. The summed E-state index contributed by atoms with van der Waals surface area (Å²) in [6.07, 6.45) is 7.76. The number of hydrogen-bond donors (Lipinski definition) is 0. The molecule has 150 valence electrons. The van der Waals surface area contributed by atoms with Crippen LogP contribution in [0.3, 0.4) is 0 Å².